The van der Waals surface area contributed by atoms with Gasteiger partial charge in [-0.05, 0) is 37.2 Å². The van der Waals surface area contributed by atoms with Crippen molar-refractivity contribution >= 4 is 49.4 Å². The second-order valence-electron chi connectivity index (χ2n) is 9.75. The minimum atomic E-state index is 0.228. The molecule has 2 aromatic carbocycles. The van der Waals surface area contributed by atoms with E-state index in [0.29, 0.717) is 0 Å². The van der Waals surface area contributed by atoms with Crippen molar-refractivity contribution in [3.05, 3.63) is 73.1 Å². The summed E-state index contributed by atoms with van der Waals surface area (Å²) in [7, 11) is 0. The number of ether oxygens (including phenoxy) is 2. The molecule has 2 aliphatic heterocycles. The van der Waals surface area contributed by atoms with Gasteiger partial charge in [-0.1, -0.05) is 36.4 Å². The Kier molecular flexibility index (Phi) is 6.03. The first-order valence-corrected chi connectivity index (χ1v) is 13.3. The smallest absolute Gasteiger partial charge is 0.223 e. The molecule has 0 amide bonds. The molecule has 2 aliphatic rings. The van der Waals surface area contributed by atoms with Gasteiger partial charge in [0.15, 0.2) is 0 Å². The number of hydrogen-bond acceptors (Lipinski definition) is 6. The van der Waals surface area contributed by atoms with E-state index in [1.165, 1.54) is 16.3 Å². The lowest BCUT2D eigenvalue weighted by Crippen LogP contribution is -2.36. The van der Waals surface area contributed by atoms with Gasteiger partial charge in [0.1, 0.15) is 11.9 Å². The van der Waals surface area contributed by atoms with Crippen LogP contribution < -0.4 is 15.0 Å². The molecule has 8 rings (SSSR count). The van der Waals surface area contributed by atoms with Crippen molar-refractivity contribution in [1.82, 2.24) is 25.3 Å². The molecule has 8 nitrogen and oxygen atoms in total. The molecule has 8 heteroatoms. The Morgan fingerprint density at radius 1 is 0.763 bits per heavy atom. The van der Waals surface area contributed by atoms with Crippen LogP contribution in [0.2, 0.25) is 0 Å². The van der Waals surface area contributed by atoms with Crippen molar-refractivity contribution in [3.8, 4) is 5.88 Å². The van der Waals surface area contributed by atoms with Gasteiger partial charge in [-0.15, -0.1) is 0 Å². The summed E-state index contributed by atoms with van der Waals surface area (Å²) in [5.41, 5.74) is 4.29. The maximum atomic E-state index is 6.06. The van der Waals surface area contributed by atoms with E-state index >= 15 is 0 Å². The van der Waals surface area contributed by atoms with Crippen LogP contribution in [0, 0.1) is 0 Å². The van der Waals surface area contributed by atoms with Crippen LogP contribution in [0.25, 0.3) is 43.6 Å². The number of hydrogen-bond donors (Lipinski definition) is 3. The van der Waals surface area contributed by atoms with Crippen molar-refractivity contribution in [3.63, 3.8) is 0 Å². The Morgan fingerprint density at radius 3 is 2.13 bits per heavy atom. The number of nitrogens with zero attached hydrogens (tertiary/aromatic N) is 3. The van der Waals surface area contributed by atoms with Gasteiger partial charge in [0, 0.05) is 48.2 Å². The molecule has 192 valence electrons. The molecule has 0 aliphatic carbocycles. The number of pyridine rings is 2. The number of H-pyrrole nitrogens is 2. The first kappa shape index (κ1) is 23.0. The average molecular weight is 507 g/mol. The fraction of sp³-hybridized carbons (Fsp3) is 0.267. The van der Waals surface area contributed by atoms with Crippen LogP contribution in [-0.2, 0) is 4.74 Å². The minimum Gasteiger partial charge on any atom is -0.472 e. The molecule has 0 bridgehead atoms. The molecule has 3 N–H and O–H groups in total. The van der Waals surface area contributed by atoms with E-state index in [0.717, 1.165) is 84.8 Å². The summed E-state index contributed by atoms with van der Waals surface area (Å²) in [6.45, 7) is 5.30. The van der Waals surface area contributed by atoms with E-state index in [1.807, 2.05) is 42.7 Å². The highest BCUT2D eigenvalue weighted by Crippen LogP contribution is 2.32. The number of anilines is 1. The quantitative estimate of drug-likeness (QED) is 0.313. The Bertz CT molecular complexity index is 1710. The second kappa shape index (κ2) is 9.96. The summed E-state index contributed by atoms with van der Waals surface area (Å²) < 4.78 is 11.5. The molecule has 38 heavy (non-hydrogen) atoms. The van der Waals surface area contributed by atoms with Gasteiger partial charge < -0.3 is 29.7 Å². The number of aromatic amines is 2. The maximum Gasteiger partial charge on any atom is 0.223 e. The molecule has 0 radical (unpaired) electrons. The van der Waals surface area contributed by atoms with Crippen molar-refractivity contribution < 1.29 is 9.47 Å². The SMILES string of the molecule is c1ccc2c(c1)nc(N1CCOCC1)c1cc[nH]c12.c1ccc2c(c1)nc(OC1CCNC1)c1cc[nH]c12. The Morgan fingerprint density at radius 2 is 1.42 bits per heavy atom. The third kappa shape index (κ3) is 4.21. The van der Waals surface area contributed by atoms with Gasteiger partial charge >= 0.3 is 0 Å². The van der Waals surface area contributed by atoms with E-state index in [1.54, 1.807) is 0 Å². The molecular formula is C30H30N6O2. The summed E-state index contributed by atoms with van der Waals surface area (Å²) >= 11 is 0. The predicted octanol–water partition coefficient (Wildman–Crippen LogP) is 5.01. The van der Waals surface area contributed by atoms with Gasteiger partial charge in [0.05, 0.1) is 40.7 Å². The summed E-state index contributed by atoms with van der Waals surface area (Å²) in [4.78, 5) is 18.5. The number of fused-ring (bicyclic) bond motifs is 6. The first-order valence-electron chi connectivity index (χ1n) is 13.3. The highest BCUT2D eigenvalue weighted by Gasteiger charge is 2.19. The third-order valence-corrected chi connectivity index (χ3v) is 7.36. The molecule has 0 spiro atoms. The molecule has 1 atom stereocenters. The van der Waals surface area contributed by atoms with Crippen molar-refractivity contribution in [1.29, 1.82) is 0 Å². The van der Waals surface area contributed by atoms with Gasteiger partial charge in [-0.3, -0.25) is 0 Å². The molecule has 2 saturated heterocycles. The summed E-state index contributed by atoms with van der Waals surface area (Å²) in [5.74, 6) is 1.81. The van der Waals surface area contributed by atoms with Gasteiger partial charge in [-0.2, -0.15) is 0 Å². The number of para-hydroxylation sites is 2. The predicted molar refractivity (Wildman–Crippen MR) is 152 cm³/mol. The van der Waals surface area contributed by atoms with Crippen LogP contribution in [-0.4, -0.2) is 65.4 Å². The monoisotopic (exact) mass is 506 g/mol. The molecule has 2 fully saturated rings. The zero-order valence-electron chi connectivity index (χ0n) is 21.1. The normalized spacial score (nSPS) is 17.8. The molecular weight excluding hydrogens is 476 g/mol. The van der Waals surface area contributed by atoms with Crippen LogP contribution in [0.4, 0.5) is 5.82 Å². The number of rotatable bonds is 3. The van der Waals surface area contributed by atoms with Crippen LogP contribution in [0.15, 0.2) is 73.1 Å². The van der Waals surface area contributed by atoms with Gasteiger partial charge in [0.2, 0.25) is 5.88 Å². The molecule has 0 saturated carbocycles. The van der Waals surface area contributed by atoms with Crippen LogP contribution in [0.5, 0.6) is 5.88 Å². The van der Waals surface area contributed by atoms with Crippen molar-refractivity contribution in [2.75, 3.05) is 44.3 Å². The average Bonchev–Trinajstić information content (AvgIpc) is 3.76. The topological polar surface area (TPSA) is 91.1 Å². The van der Waals surface area contributed by atoms with E-state index in [-0.39, 0.29) is 6.10 Å². The summed E-state index contributed by atoms with van der Waals surface area (Å²) in [6.07, 6.45) is 5.20. The standard InChI is InChI=1S/2C15H15N3O/c1-2-4-13-11(3-1)14-12(6-8-17-14)15(18-13)19-10-5-7-16-9-10;1-2-4-13-11(3-1)14-12(5-6-16-14)15(17-13)18-7-9-19-10-8-18/h1-4,6,8,10,16-17H,5,7,9H2;1-6,16H,7-10H2. The highest BCUT2D eigenvalue weighted by molar-refractivity contribution is 6.08. The molecule has 4 aromatic heterocycles. The lowest BCUT2D eigenvalue weighted by atomic mass is 10.1. The van der Waals surface area contributed by atoms with E-state index in [9.17, 15) is 0 Å². The first-order chi connectivity index (χ1) is 18.8. The zero-order valence-corrected chi connectivity index (χ0v) is 21.1. The highest BCUT2D eigenvalue weighted by atomic mass is 16.5. The fourth-order valence-corrected chi connectivity index (χ4v) is 5.45. The van der Waals surface area contributed by atoms with Gasteiger partial charge in [-0.25, -0.2) is 9.97 Å². The molecule has 6 heterocycles. The number of nitrogens with one attached hydrogen (secondary N) is 3. The third-order valence-electron chi connectivity index (χ3n) is 7.36. The fourth-order valence-electron chi connectivity index (χ4n) is 5.45. The number of morpholine rings is 1. The number of benzene rings is 2. The van der Waals surface area contributed by atoms with E-state index < -0.39 is 0 Å². The largest absolute Gasteiger partial charge is 0.472 e. The van der Waals surface area contributed by atoms with Crippen LogP contribution >= 0.6 is 0 Å². The maximum absolute atomic E-state index is 6.06. The Hall–Kier alpha value is -4.14. The van der Waals surface area contributed by atoms with E-state index in [2.05, 4.69) is 55.5 Å². The van der Waals surface area contributed by atoms with Gasteiger partial charge in [0.25, 0.3) is 0 Å². The molecule has 6 aromatic rings. The Labute approximate surface area is 220 Å². The van der Waals surface area contributed by atoms with Crippen LogP contribution in [0.3, 0.4) is 0 Å². The lowest BCUT2D eigenvalue weighted by Gasteiger charge is -2.28. The zero-order chi connectivity index (χ0) is 25.3. The van der Waals surface area contributed by atoms with Crippen molar-refractivity contribution in [2.24, 2.45) is 0 Å². The summed E-state index contributed by atoms with van der Waals surface area (Å²) in [5, 5.41) is 7.89. The van der Waals surface area contributed by atoms with E-state index in [4.69, 9.17) is 14.5 Å². The number of aromatic nitrogens is 4. The summed E-state index contributed by atoms with van der Waals surface area (Å²) in [6, 6.07) is 20.6. The second-order valence-corrected chi connectivity index (χ2v) is 9.75. The minimum absolute atomic E-state index is 0.228. The Balaban J connectivity index is 0.000000127. The molecule has 1 unspecified atom stereocenters. The van der Waals surface area contributed by atoms with Crippen LogP contribution in [0.1, 0.15) is 6.42 Å². The lowest BCUT2D eigenvalue weighted by molar-refractivity contribution is 0.122. The van der Waals surface area contributed by atoms with Crippen molar-refractivity contribution in [2.45, 2.75) is 12.5 Å².